The van der Waals surface area contributed by atoms with Gasteiger partial charge in [-0.2, -0.15) is 0 Å². The second kappa shape index (κ2) is 10.8. The predicted molar refractivity (Wildman–Crippen MR) is 136 cm³/mol. The van der Waals surface area contributed by atoms with E-state index in [4.69, 9.17) is 14.5 Å². The topological polar surface area (TPSA) is 54.9 Å². The number of rotatable bonds is 8. The van der Waals surface area contributed by atoms with E-state index in [0.29, 0.717) is 17.9 Å². The smallest absolute Gasteiger partial charge is 0.260 e. The quantitative estimate of drug-likeness (QED) is 0.340. The van der Waals surface area contributed by atoms with E-state index in [2.05, 4.69) is 4.90 Å². The van der Waals surface area contributed by atoms with Gasteiger partial charge in [0.25, 0.3) is 5.91 Å². The third-order valence-corrected chi connectivity index (χ3v) is 6.86. The summed E-state index contributed by atoms with van der Waals surface area (Å²) < 4.78 is 12.4. The normalized spacial score (nSPS) is 14.2. The van der Waals surface area contributed by atoms with Gasteiger partial charge in [0, 0.05) is 31.7 Å². The number of ether oxygens (including phenoxy) is 2. The van der Waals surface area contributed by atoms with Crippen LogP contribution in [0.2, 0.25) is 0 Å². The molecule has 0 radical (unpaired) electrons. The van der Waals surface area contributed by atoms with E-state index >= 15 is 0 Å². The molecule has 1 fully saturated rings. The highest BCUT2D eigenvalue weighted by atomic mass is 32.1. The number of para-hydroxylation sites is 2. The number of nitrogens with zero attached hydrogens (tertiary/aromatic N) is 3. The molecule has 0 N–H and O–H groups in total. The first-order chi connectivity index (χ1) is 16.8. The lowest BCUT2D eigenvalue weighted by molar-refractivity contribution is 0.0376. The molecule has 3 aromatic carbocycles. The Morgan fingerprint density at radius 1 is 0.941 bits per heavy atom. The maximum absolute atomic E-state index is 13.6. The fraction of sp³-hybridized carbons (Fsp3) is 0.259. The molecule has 34 heavy (non-hydrogen) atoms. The molecule has 0 atom stereocenters. The second-order valence-corrected chi connectivity index (χ2v) is 9.18. The van der Waals surface area contributed by atoms with Gasteiger partial charge in [-0.3, -0.25) is 14.6 Å². The van der Waals surface area contributed by atoms with E-state index in [1.54, 1.807) is 11.3 Å². The van der Waals surface area contributed by atoms with E-state index in [1.165, 1.54) is 0 Å². The van der Waals surface area contributed by atoms with Crippen LogP contribution < -0.4 is 9.64 Å². The van der Waals surface area contributed by atoms with Crippen molar-refractivity contribution in [2.75, 3.05) is 44.3 Å². The van der Waals surface area contributed by atoms with Gasteiger partial charge in [-0.1, -0.05) is 41.7 Å². The monoisotopic (exact) mass is 473 g/mol. The maximum Gasteiger partial charge on any atom is 0.260 e. The summed E-state index contributed by atoms with van der Waals surface area (Å²) >= 11 is 1.56. The lowest BCUT2D eigenvalue weighted by Gasteiger charge is -2.27. The molecule has 0 spiro atoms. The number of morpholine rings is 1. The fourth-order valence-corrected chi connectivity index (χ4v) is 4.97. The minimum atomic E-state index is -0.0488. The molecule has 0 unspecified atom stereocenters. The van der Waals surface area contributed by atoms with Crippen LogP contribution in [-0.4, -0.2) is 55.2 Å². The van der Waals surface area contributed by atoms with Crippen molar-refractivity contribution in [2.45, 2.75) is 6.42 Å². The molecule has 0 saturated carbocycles. The first-order valence-electron chi connectivity index (χ1n) is 11.6. The Hall–Kier alpha value is -3.26. The van der Waals surface area contributed by atoms with E-state index in [9.17, 15) is 4.79 Å². The Kier molecular flexibility index (Phi) is 7.14. The summed E-state index contributed by atoms with van der Waals surface area (Å²) in [5, 5.41) is 0.734. The Morgan fingerprint density at radius 2 is 1.65 bits per heavy atom. The molecule has 7 heteroatoms. The molecule has 174 valence electrons. The van der Waals surface area contributed by atoms with Crippen LogP contribution >= 0.6 is 11.3 Å². The Bertz CT molecular complexity index is 1190. The summed E-state index contributed by atoms with van der Waals surface area (Å²) in [4.78, 5) is 22.6. The maximum atomic E-state index is 13.6. The van der Waals surface area contributed by atoms with Gasteiger partial charge in [-0.05, 0) is 55.0 Å². The average Bonchev–Trinajstić information content (AvgIpc) is 3.32. The van der Waals surface area contributed by atoms with Gasteiger partial charge in [0.1, 0.15) is 11.5 Å². The largest absolute Gasteiger partial charge is 0.457 e. The third kappa shape index (κ3) is 5.44. The van der Waals surface area contributed by atoms with Crippen LogP contribution in [-0.2, 0) is 4.74 Å². The van der Waals surface area contributed by atoms with Crippen molar-refractivity contribution < 1.29 is 14.3 Å². The second-order valence-electron chi connectivity index (χ2n) is 8.17. The Morgan fingerprint density at radius 3 is 2.41 bits per heavy atom. The van der Waals surface area contributed by atoms with Gasteiger partial charge < -0.3 is 9.47 Å². The number of aromatic nitrogens is 1. The minimum absolute atomic E-state index is 0.0488. The van der Waals surface area contributed by atoms with Gasteiger partial charge >= 0.3 is 0 Å². The van der Waals surface area contributed by atoms with Crippen LogP contribution in [0, 0.1) is 0 Å². The minimum Gasteiger partial charge on any atom is -0.457 e. The van der Waals surface area contributed by atoms with Gasteiger partial charge in [0.15, 0.2) is 5.13 Å². The molecule has 1 aliphatic rings. The highest BCUT2D eigenvalue weighted by Gasteiger charge is 2.22. The van der Waals surface area contributed by atoms with E-state index < -0.39 is 0 Å². The number of fused-ring (bicyclic) bond motifs is 1. The van der Waals surface area contributed by atoms with Crippen molar-refractivity contribution in [3.8, 4) is 11.5 Å². The summed E-state index contributed by atoms with van der Waals surface area (Å²) in [6.45, 7) is 4.98. The summed E-state index contributed by atoms with van der Waals surface area (Å²) in [7, 11) is 0. The molecule has 6 nitrogen and oxygen atoms in total. The van der Waals surface area contributed by atoms with Crippen molar-refractivity contribution in [2.24, 2.45) is 0 Å². The number of carbonyl (C=O) groups is 1. The highest BCUT2D eigenvalue weighted by Crippen LogP contribution is 2.30. The van der Waals surface area contributed by atoms with Crippen molar-refractivity contribution in [3.63, 3.8) is 0 Å². The summed E-state index contributed by atoms with van der Waals surface area (Å²) in [5.41, 5.74) is 1.53. The van der Waals surface area contributed by atoms with Gasteiger partial charge in [0.2, 0.25) is 0 Å². The molecule has 1 amide bonds. The molecule has 4 aromatic rings. The number of benzene rings is 3. The van der Waals surface area contributed by atoms with Gasteiger partial charge in [-0.25, -0.2) is 4.98 Å². The number of carbonyl (C=O) groups excluding carboxylic acids is 1. The van der Waals surface area contributed by atoms with Crippen molar-refractivity contribution in [3.05, 3.63) is 84.4 Å². The van der Waals surface area contributed by atoms with Crippen molar-refractivity contribution in [1.29, 1.82) is 0 Å². The van der Waals surface area contributed by atoms with Crippen LogP contribution in [0.5, 0.6) is 11.5 Å². The van der Waals surface area contributed by atoms with Crippen molar-refractivity contribution in [1.82, 2.24) is 9.88 Å². The van der Waals surface area contributed by atoms with Crippen molar-refractivity contribution >= 4 is 32.6 Å². The number of amides is 1. The molecular formula is C27H27N3O3S. The van der Waals surface area contributed by atoms with Crippen LogP contribution in [0.25, 0.3) is 10.2 Å². The van der Waals surface area contributed by atoms with Gasteiger partial charge in [0.05, 0.1) is 23.4 Å². The Balaban J connectivity index is 1.33. The molecule has 1 aliphatic heterocycles. The first-order valence-corrected chi connectivity index (χ1v) is 12.4. The number of hydrogen-bond donors (Lipinski definition) is 0. The SMILES string of the molecule is O=C(c1ccc(Oc2ccccc2)cc1)N(CCCN1CCOCC1)c1nc2ccccc2s1. The number of hydrogen-bond acceptors (Lipinski definition) is 6. The third-order valence-electron chi connectivity index (χ3n) is 5.80. The lowest BCUT2D eigenvalue weighted by atomic mass is 10.2. The lowest BCUT2D eigenvalue weighted by Crippen LogP contribution is -2.39. The summed E-state index contributed by atoms with van der Waals surface area (Å²) in [6.07, 6.45) is 0.872. The van der Waals surface area contributed by atoms with Gasteiger partial charge in [-0.15, -0.1) is 0 Å². The predicted octanol–water partition coefficient (Wildman–Crippen LogP) is 5.46. The average molecular weight is 474 g/mol. The highest BCUT2D eigenvalue weighted by molar-refractivity contribution is 7.22. The molecule has 1 aromatic heterocycles. The zero-order valence-corrected chi connectivity index (χ0v) is 19.7. The first kappa shape index (κ1) is 22.5. The molecule has 2 heterocycles. The molecule has 1 saturated heterocycles. The van der Waals surface area contributed by atoms with Crippen LogP contribution in [0.15, 0.2) is 78.9 Å². The number of thiazole rings is 1. The van der Waals surface area contributed by atoms with E-state index in [-0.39, 0.29) is 5.91 Å². The number of anilines is 1. The zero-order chi connectivity index (χ0) is 23.2. The Labute approximate surface area is 203 Å². The fourth-order valence-electron chi connectivity index (χ4n) is 3.98. The molecule has 0 bridgehead atoms. The van der Waals surface area contributed by atoms with E-state index in [0.717, 1.165) is 60.4 Å². The van der Waals surface area contributed by atoms with Crippen LogP contribution in [0.3, 0.4) is 0 Å². The molecule has 0 aliphatic carbocycles. The molecule has 5 rings (SSSR count). The van der Waals surface area contributed by atoms with Crippen LogP contribution in [0.1, 0.15) is 16.8 Å². The molecular weight excluding hydrogens is 446 g/mol. The summed E-state index contributed by atoms with van der Waals surface area (Å²) in [5.74, 6) is 1.41. The van der Waals surface area contributed by atoms with E-state index in [1.807, 2.05) is 83.8 Å². The van der Waals surface area contributed by atoms with Crippen LogP contribution in [0.4, 0.5) is 5.13 Å². The zero-order valence-electron chi connectivity index (χ0n) is 18.9. The standard InChI is InChI=1S/C27H27N3O3S/c31-26(21-11-13-23(14-12-21)33-22-7-2-1-3-8-22)30(16-6-15-29-17-19-32-20-18-29)27-28-24-9-4-5-10-25(24)34-27/h1-5,7-14H,6,15-20H2. The summed E-state index contributed by atoms with van der Waals surface area (Å²) in [6, 6.07) is 24.9.